The van der Waals surface area contributed by atoms with Gasteiger partial charge in [0.25, 0.3) is 0 Å². The number of hydrogen-bond acceptors (Lipinski definition) is 5. The maximum Gasteiger partial charge on any atom is 0.326 e. The number of nitrogens with zero attached hydrogens (tertiary/aromatic N) is 4. The summed E-state index contributed by atoms with van der Waals surface area (Å²) < 4.78 is 17.8. The molecular formula is C18H17FN4O2S. The molecule has 0 N–H and O–H groups in total. The van der Waals surface area contributed by atoms with Crippen molar-refractivity contribution >= 4 is 22.5 Å². The van der Waals surface area contributed by atoms with Gasteiger partial charge in [0.15, 0.2) is 10.9 Å². The van der Waals surface area contributed by atoms with Crippen LogP contribution in [0.2, 0.25) is 0 Å². The summed E-state index contributed by atoms with van der Waals surface area (Å²) in [4.78, 5) is 21.6. The lowest BCUT2D eigenvalue weighted by molar-refractivity contribution is 0.219. The second kappa shape index (κ2) is 6.87. The lowest BCUT2D eigenvalue weighted by atomic mass is 10.1. The zero-order valence-corrected chi connectivity index (χ0v) is 15.0. The standard InChI is InChI=1S/C18H17FN4O2S/c1-12-16(15-6-7-20-25-15)26-17(21-12)23-9-8-22(18(23)24)11-14-4-2-13(10-19)3-5-14/h2-7H,8-11H2,1H3. The highest BCUT2D eigenvalue weighted by molar-refractivity contribution is 7.19. The molecule has 0 spiro atoms. The summed E-state index contributed by atoms with van der Waals surface area (Å²) in [6, 6.07) is 8.94. The third-order valence-electron chi connectivity index (χ3n) is 4.32. The molecule has 6 nitrogen and oxygen atoms in total. The molecule has 8 heteroatoms. The van der Waals surface area contributed by atoms with Gasteiger partial charge in [-0.25, -0.2) is 14.2 Å². The van der Waals surface area contributed by atoms with Crippen molar-refractivity contribution in [1.82, 2.24) is 15.0 Å². The molecule has 2 amide bonds. The van der Waals surface area contributed by atoms with E-state index in [1.165, 1.54) is 11.3 Å². The summed E-state index contributed by atoms with van der Waals surface area (Å²) >= 11 is 1.42. The van der Waals surface area contributed by atoms with Gasteiger partial charge in [0, 0.05) is 25.7 Å². The minimum atomic E-state index is -0.479. The highest BCUT2D eigenvalue weighted by Gasteiger charge is 2.32. The molecule has 1 aliphatic rings. The number of alkyl halides is 1. The number of aryl methyl sites for hydroxylation is 1. The van der Waals surface area contributed by atoms with Gasteiger partial charge in [0.1, 0.15) is 6.67 Å². The Morgan fingerprint density at radius 2 is 1.96 bits per heavy atom. The van der Waals surface area contributed by atoms with E-state index >= 15 is 0 Å². The summed E-state index contributed by atoms with van der Waals surface area (Å²) in [6.07, 6.45) is 1.59. The van der Waals surface area contributed by atoms with E-state index in [0.717, 1.165) is 16.1 Å². The Labute approximate surface area is 153 Å². The minimum absolute atomic E-state index is 0.0718. The van der Waals surface area contributed by atoms with Crippen molar-refractivity contribution in [3.05, 3.63) is 53.3 Å². The van der Waals surface area contributed by atoms with Crippen molar-refractivity contribution in [2.75, 3.05) is 18.0 Å². The summed E-state index contributed by atoms with van der Waals surface area (Å²) in [5.74, 6) is 0.655. The molecule has 0 aliphatic carbocycles. The van der Waals surface area contributed by atoms with E-state index in [9.17, 15) is 9.18 Å². The molecule has 134 valence electrons. The fraction of sp³-hybridized carbons (Fsp3) is 0.278. The largest absolute Gasteiger partial charge is 0.355 e. The van der Waals surface area contributed by atoms with E-state index in [-0.39, 0.29) is 6.03 Å². The Kier molecular flexibility index (Phi) is 4.42. The molecule has 4 rings (SSSR count). The molecule has 0 unspecified atom stereocenters. The average Bonchev–Trinajstić information content (AvgIpc) is 3.37. The molecule has 0 atom stereocenters. The number of carbonyl (C=O) groups excluding carboxylic acids is 1. The highest BCUT2D eigenvalue weighted by atomic mass is 32.1. The van der Waals surface area contributed by atoms with Crippen molar-refractivity contribution in [2.45, 2.75) is 20.1 Å². The van der Waals surface area contributed by atoms with E-state index in [1.807, 2.05) is 19.1 Å². The van der Waals surface area contributed by atoms with E-state index in [1.54, 1.807) is 34.2 Å². The first-order valence-corrected chi connectivity index (χ1v) is 9.06. The summed E-state index contributed by atoms with van der Waals surface area (Å²) in [7, 11) is 0. The van der Waals surface area contributed by atoms with Gasteiger partial charge in [-0.05, 0) is 18.1 Å². The lowest BCUT2D eigenvalue weighted by Crippen LogP contribution is -2.31. The molecule has 0 bridgehead atoms. The number of halogens is 1. The van der Waals surface area contributed by atoms with Crippen LogP contribution in [0.15, 0.2) is 41.1 Å². The van der Waals surface area contributed by atoms with Crippen molar-refractivity contribution in [3.8, 4) is 10.6 Å². The quantitative estimate of drug-likeness (QED) is 0.679. The Bertz CT molecular complexity index is 908. The normalized spacial score (nSPS) is 14.5. The van der Waals surface area contributed by atoms with Crippen molar-refractivity contribution in [3.63, 3.8) is 0 Å². The monoisotopic (exact) mass is 372 g/mol. The zero-order valence-electron chi connectivity index (χ0n) is 14.2. The first-order chi connectivity index (χ1) is 12.7. The molecule has 1 fully saturated rings. The van der Waals surface area contributed by atoms with Crippen molar-refractivity contribution < 1.29 is 13.7 Å². The number of carbonyl (C=O) groups is 1. The third kappa shape index (κ3) is 3.08. The molecule has 3 aromatic rings. The molecule has 2 aromatic heterocycles. The number of aromatic nitrogens is 2. The topological polar surface area (TPSA) is 62.5 Å². The molecule has 1 aromatic carbocycles. The minimum Gasteiger partial charge on any atom is -0.355 e. The highest BCUT2D eigenvalue weighted by Crippen LogP contribution is 2.35. The fourth-order valence-corrected chi connectivity index (χ4v) is 3.96. The molecule has 0 radical (unpaired) electrons. The van der Waals surface area contributed by atoms with Crippen LogP contribution in [0.5, 0.6) is 0 Å². The Balaban J connectivity index is 1.49. The molecule has 3 heterocycles. The van der Waals surface area contributed by atoms with Crippen LogP contribution in [0.1, 0.15) is 16.8 Å². The molecule has 1 aliphatic heterocycles. The third-order valence-corrected chi connectivity index (χ3v) is 5.52. The van der Waals surface area contributed by atoms with Crippen LogP contribution in [0, 0.1) is 6.92 Å². The van der Waals surface area contributed by atoms with Gasteiger partial charge < -0.3 is 9.42 Å². The first kappa shape index (κ1) is 16.7. The Morgan fingerprint density at radius 1 is 1.19 bits per heavy atom. The van der Waals surface area contributed by atoms with E-state index in [0.29, 0.717) is 36.1 Å². The maximum atomic E-state index is 12.8. The smallest absolute Gasteiger partial charge is 0.326 e. The summed E-state index contributed by atoms with van der Waals surface area (Å²) in [6.45, 7) is 3.13. The van der Waals surface area contributed by atoms with E-state index in [2.05, 4.69) is 10.1 Å². The Hall–Kier alpha value is -2.74. The van der Waals surface area contributed by atoms with Gasteiger partial charge in [0.05, 0.1) is 16.8 Å². The number of urea groups is 1. The van der Waals surface area contributed by atoms with Gasteiger partial charge in [-0.3, -0.25) is 4.90 Å². The predicted molar refractivity (Wildman–Crippen MR) is 96.8 cm³/mol. The summed E-state index contributed by atoms with van der Waals surface area (Å²) in [5.41, 5.74) is 2.44. The first-order valence-electron chi connectivity index (χ1n) is 8.24. The number of amides is 2. The van der Waals surface area contributed by atoms with E-state index < -0.39 is 6.67 Å². The lowest BCUT2D eigenvalue weighted by Gasteiger charge is -2.17. The zero-order chi connectivity index (χ0) is 18.1. The van der Waals surface area contributed by atoms with Gasteiger partial charge in [-0.15, -0.1) is 0 Å². The molecule has 26 heavy (non-hydrogen) atoms. The van der Waals surface area contributed by atoms with Crippen molar-refractivity contribution in [1.29, 1.82) is 0 Å². The van der Waals surface area contributed by atoms with Gasteiger partial charge in [0.2, 0.25) is 0 Å². The van der Waals surface area contributed by atoms with Gasteiger partial charge >= 0.3 is 6.03 Å². The van der Waals surface area contributed by atoms with E-state index in [4.69, 9.17) is 4.52 Å². The number of rotatable bonds is 5. The fourth-order valence-electron chi connectivity index (χ4n) is 2.92. The van der Waals surface area contributed by atoms with Crippen molar-refractivity contribution in [2.24, 2.45) is 0 Å². The number of hydrogen-bond donors (Lipinski definition) is 0. The SMILES string of the molecule is Cc1nc(N2CCN(Cc3ccc(CF)cc3)C2=O)sc1-c1ccno1. The van der Waals surface area contributed by atoms with Gasteiger partial charge in [-0.1, -0.05) is 40.8 Å². The number of thiazole rings is 1. The maximum absolute atomic E-state index is 12.8. The average molecular weight is 372 g/mol. The van der Waals surface area contributed by atoms with Crippen LogP contribution >= 0.6 is 11.3 Å². The van der Waals surface area contributed by atoms with Crippen LogP contribution in [-0.4, -0.2) is 34.2 Å². The van der Waals surface area contributed by atoms with Crippen LogP contribution in [0.25, 0.3) is 10.6 Å². The molecule has 0 saturated carbocycles. The van der Waals surface area contributed by atoms with Gasteiger partial charge in [-0.2, -0.15) is 0 Å². The van der Waals surface area contributed by atoms with Crippen LogP contribution < -0.4 is 4.90 Å². The predicted octanol–water partition coefficient (Wildman–Crippen LogP) is 4.02. The van der Waals surface area contributed by atoms with Crippen LogP contribution in [-0.2, 0) is 13.2 Å². The number of benzene rings is 1. The number of anilines is 1. The molecular weight excluding hydrogens is 355 g/mol. The van der Waals surface area contributed by atoms with Crippen LogP contribution in [0.3, 0.4) is 0 Å². The Morgan fingerprint density at radius 3 is 2.65 bits per heavy atom. The second-order valence-corrected chi connectivity index (χ2v) is 7.07. The summed E-state index contributed by atoms with van der Waals surface area (Å²) in [5, 5.41) is 4.39. The second-order valence-electron chi connectivity index (χ2n) is 6.09. The molecule has 1 saturated heterocycles. The van der Waals surface area contributed by atoms with Crippen LogP contribution in [0.4, 0.5) is 14.3 Å².